The molecule has 1 aromatic heterocycles. The summed E-state index contributed by atoms with van der Waals surface area (Å²) in [5, 5.41) is 15.5. The first-order chi connectivity index (χ1) is 9.11. The molecule has 19 heavy (non-hydrogen) atoms. The predicted octanol–water partition coefficient (Wildman–Crippen LogP) is 2.42. The SMILES string of the molecule is OCCn1ccc(NCc2c(F)ccc(Cl)c2F)n1. The fraction of sp³-hybridized carbons (Fsp3) is 0.250. The van der Waals surface area contributed by atoms with E-state index in [1.54, 1.807) is 12.3 Å². The van der Waals surface area contributed by atoms with E-state index in [2.05, 4.69) is 10.4 Å². The summed E-state index contributed by atoms with van der Waals surface area (Å²) < 4.78 is 28.6. The van der Waals surface area contributed by atoms with Crippen molar-refractivity contribution in [3.8, 4) is 0 Å². The van der Waals surface area contributed by atoms with E-state index in [-0.39, 0.29) is 23.7 Å². The highest BCUT2D eigenvalue weighted by atomic mass is 35.5. The number of anilines is 1. The third-order valence-corrected chi connectivity index (χ3v) is 2.85. The number of aliphatic hydroxyl groups is 1. The van der Waals surface area contributed by atoms with Gasteiger partial charge in [-0.1, -0.05) is 11.6 Å². The quantitative estimate of drug-likeness (QED) is 0.831. The lowest BCUT2D eigenvalue weighted by molar-refractivity contribution is 0.269. The average Bonchev–Trinajstić information content (AvgIpc) is 2.82. The summed E-state index contributed by atoms with van der Waals surface area (Å²) in [4.78, 5) is 0. The largest absolute Gasteiger partial charge is 0.394 e. The Morgan fingerprint density at radius 2 is 2.11 bits per heavy atom. The number of nitrogens with one attached hydrogen (secondary N) is 1. The van der Waals surface area contributed by atoms with Gasteiger partial charge in [0, 0.05) is 24.4 Å². The topological polar surface area (TPSA) is 50.1 Å². The molecule has 0 spiro atoms. The molecule has 2 rings (SSSR count). The van der Waals surface area contributed by atoms with Crippen LogP contribution < -0.4 is 5.32 Å². The molecule has 4 nitrogen and oxygen atoms in total. The molecule has 7 heteroatoms. The number of rotatable bonds is 5. The van der Waals surface area contributed by atoms with E-state index < -0.39 is 11.6 Å². The van der Waals surface area contributed by atoms with Gasteiger partial charge >= 0.3 is 0 Å². The van der Waals surface area contributed by atoms with Gasteiger partial charge in [0.25, 0.3) is 0 Å². The Bertz CT molecular complexity index is 574. The Balaban J connectivity index is 2.07. The standard InChI is InChI=1S/C12H12ClF2N3O/c13-9-1-2-10(14)8(12(9)15)7-16-11-3-4-18(17-11)5-6-19/h1-4,19H,5-7H2,(H,16,17). The van der Waals surface area contributed by atoms with Crippen LogP contribution in [0.3, 0.4) is 0 Å². The van der Waals surface area contributed by atoms with Crippen LogP contribution in [0.2, 0.25) is 5.02 Å². The van der Waals surface area contributed by atoms with Crippen molar-refractivity contribution >= 4 is 17.4 Å². The molecule has 0 saturated carbocycles. The van der Waals surface area contributed by atoms with Crippen molar-refractivity contribution in [3.63, 3.8) is 0 Å². The van der Waals surface area contributed by atoms with Crippen LogP contribution in [0.4, 0.5) is 14.6 Å². The van der Waals surface area contributed by atoms with Crippen LogP contribution in [0, 0.1) is 11.6 Å². The molecule has 0 fully saturated rings. The normalized spacial score (nSPS) is 10.7. The van der Waals surface area contributed by atoms with Gasteiger partial charge in [0.1, 0.15) is 17.5 Å². The van der Waals surface area contributed by atoms with Gasteiger partial charge in [-0.15, -0.1) is 0 Å². The van der Waals surface area contributed by atoms with Gasteiger partial charge in [0.15, 0.2) is 0 Å². The molecular formula is C12H12ClF2N3O. The van der Waals surface area contributed by atoms with Crippen LogP contribution in [-0.2, 0) is 13.1 Å². The Labute approximate surface area is 113 Å². The van der Waals surface area contributed by atoms with E-state index in [0.29, 0.717) is 12.4 Å². The number of halogens is 3. The smallest absolute Gasteiger partial charge is 0.149 e. The fourth-order valence-corrected chi connectivity index (χ4v) is 1.77. The van der Waals surface area contributed by atoms with Crippen molar-refractivity contribution in [2.24, 2.45) is 0 Å². The Hall–Kier alpha value is -1.66. The lowest BCUT2D eigenvalue weighted by Crippen LogP contribution is -2.07. The van der Waals surface area contributed by atoms with Crippen LogP contribution in [0.15, 0.2) is 24.4 Å². The third kappa shape index (κ3) is 3.21. The summed E-state index contributed by atoms with van der Waals surface area (Å²) in [7, 11) is 0. The Morgan fingerprint density at radius 1 is 1.32 bits per heavy atom. The monoisotopic (exact) mass is 287 g/mol. The molecule has 1 aromatic carbocycles. The van der Waals surface area contributed by atoms with Crippen molar-refractivity contribution in [1.82, 2.24) is 9.78 Å². The van der Waals surface area contributed by atoms with Gasteiger partial charge in [-0.2, -0.15) is 5.10 Å². The highest BCUT2D eigenvalue weighted by Crippen LogP contribution is 2.21. The summed E-state index contributed by atoms with van der Waals surface area (Å²) >= 11 is 5.60. The summed E-state index contributed by atoms with van der Waals surface area (Å²) in [6.07, 6.45) is 1.66. The maximum atomic E-state index is 13.6. The van der Waals surface area contributed by atoms with Gasteiger partial charge in [-0.3, -0.25) is 4.68 Å². The first kappa shape index (κ1) is 13.8. The first-order valence-corrected chi connectivity index (χ1v) is 6.00. The van der Waals surface area contributed by atoms with Crippen LogP contribution in [0.5, 0.6) is 0 Å². The molecule has 0 radical (unpaired) electrons. The lowest BCUT2D eigenvalue weighted by atomic mass is 10.2. The van der Waals surface area contributed by atoms with Gasteiger partial charge < -0.3 is 10.4 Å². The number of aromatic nitrogens is 2. The average molecular weight is 288 g/mol. The summed E-state index contributed by atoms with van der Waals surface area (Å²) in [6, 6.07) is 3.94. The number of benzene rings is 1. The molecule has 0 saturated heterocycles. The molecule has 2 aromatic rings. The van der Waals surface area contributed by atoms with Crippen molar-refractivity contribution in [3.05, 3.63) is 46.6 Å². The van der Waals surface area contributed by atoms with Crippen molar-refractivity contribution in [2.75, 3.05) is 11.9 Å². The molecule has 1 heterocycles. The number of aliphatic hydroxyl groups excluding tert-OH is 1. The van der Waals surface area contributed by atoms with Crippen LogP contribution in [0.1, 0.15) is 5.56 Å². The second kappa shape index (κ2) is 5.99. The molecule has 0 amide bonds. The number of hydrogen-bond acceptors (Lipinski definition) is 3. The zero-order chi connectivity index (χ0) is 13.8. The third-order valence-electron chi connectivity index (χ3n) is 2.55. The van der Waals surface area contributed by atoms with E-state index in [1.807, 2.05) is 0 Å². The van der Waals surface area contributed by atoms with Gasteiger partial charge in [-0.25, -0.2) is 8.78 Å². The van der Waals surface area contributed by atoms with Crippen molar-refractivity contribution in [1.29, 1.82) is 0 Å². The van der Waals surface area contributed by atoms with E-state index in [9.17, 15) is 8.78 Å². The van der Waals surface area contributed by atoms with Crippen LogP contribution in [0.25, 0.3) is 0 Å². The van der Waals surface area contributed by atoms with Crippen molar-refractivity contribution in [2.45, 2.75) is 13.1 Å². The minimum Gasteiger partial charge on any atom is -0.394 e. The molecule has 0 aliphatic carbocycles. The molecule has 0 unspecified atom stereocenters. The van der Waals surface area contributed by atoms with Crippen LogP contribution >= 0.6 is 11.6 Å². The van der Waals surface area contributed by atoms with E-state index in [4.69, 9.17) is 16.7 Å². The number of nitrogens with zero attached hydrogens (tertiary/aromatic N) is 2. The first-order valence-electron chi connectivity index (χ1n) is 5.62. The highest BCUT2D eigenvalue weighted by Gasteiger charge is 2.12. The van der Waals surface area contributed by atoms with Gasteiger partial charge in [-0.05, 0) is 12.1 Å². The Kier molecular flexibility index (Phi) is 4.34. The summed E-state index contributed by atoms with van der Waals surface area (Å²) in [6.45, 7) is 0.272. The number of hydrogen-bond donors (Lipinski definition) is 2. The van der Waals surface area contributed by atoms with Crippen LogP contribution in [-0.4, -0.2) is 21.5 Å². The minimum atomic E-state index is -0.774. The second-order valence-corrected chi connectivity index (χ2v) is 4.27. The molecule has 0 aliphatic heterocycles. The van der Waals surface area contributed by atoms with E-state index >= 15 is 0 Å². The highest BCUT2D eigenvalue weighted by molar-refractivity contribution is 6.30. The maximum absolute atomic E-state index is 13.6. The lowest BCUT2D eigenvalue weighted by Gasteiger charge is -2.07. The molecule has 2 N–H and O–H groups in total. The zero-order valence-corrected chi connectivity index (χ0v) is 10.7. The molecule has 0 atom stereocenters. The zero-order valence-electron chi connectivity index (χ0n) is 9.91. The summed E-state index contributed by atoms with van der Waals surface area (Å²) in [5.41, 5.74) is -0.135. The van der Waals surface area contributed by atoms with Gasteiger partial charge in [0.2, 0.25) is 0 Å². The minimum absolute atomic E-state index is 0.0291. The van der Waals surface area contributed by atoms with Crippen molar-refractivity contribution < 1.29 is 13.9 Å². The fourth-order valence-electron chi connectivity index (χ4n) is 1.59. The second-order valence-electron chi connectivity index (χ2n) is 3.86. The van der Waals surface area contributed by atoms with Gasteiger partial charge in [0.05, 0.1) is 18.2 Å². The van der Waals surface area contributed by atoms with E-state index in [1.165, 1.54) is 10.7 Å². The van der Waals surface area contributed by atoms with E-state index in [0.717, 1.165) is 6.07 Å². The Morgan fingerprint density at radius 3 is 2.84 bits per heavy atom. The summed E-state index contributed by atoms with van der Waals surface area (Å²) in [5.74, 6) is -0.972. The molecular weight excluding hydrogens is 276 g/mol. The maximum Gasteiger partial charge on any atom is 0.149 e. The molecule has 0 bridgehead atoms. The predicted molar refractivity (Wildman–Crippen MR) is 68.0 cm³/mol. The molecule has 102 valence electrons. The molecule has 0 aliphatic rings.